The first-order chi connectivity index (χ1) is 9.29. The Morgan fingerprint density at radius 3 is 2.89 bits per heavy atom. The molecule has 0 radical (unpaired) electrons. The molecule has 3 nitrogen and oxygen atoms in total. The zero-order chi connectivity index (χ0) is 13.2. The molecule has 19 heavy (non-hydrogen) atoms. The number of aromatic nitrogens is 2. The Balaban J connectivity index is 2.17. The number of fused-ring (bicyclic) bond motifs is 1. The summed E-state index contributed by atoms with van der Waals surface area (Å²) < 4.78 is 0. The van der Waals surface area contributed by atoms with E-state index in [1.807, 2.05) is 43.3 Å². The first-order valence-electron chi connectivity index (χ1n) is 6.35. The summed E-state index contributed by atoms with van der Waals surface area (Å²) in [5, 5.41) is 8.00. The lowest BCUT2D eigenvalue weighted by Gasteiger charge is -2.08. The third-order valence-electron chi connectivity index (χ3n) is 3.30. The Bertz CT molecular complexity index is 743. The summed E-state index contributed by atoms with van der Waals surface area (Å²) in [7, 11) is 0. The second-order valence-electron chi connectivity index (χ2n) is 4.49. The molecule has 0 atom stereocenters. The minimum absolute atomic E-state index is 0.169. The van der Waals surface area contributed by atoms with Gasteiger partial charge in [-0.15, -0.1) is 0 Å². The summed E-state index contributed by atoms with van der Waals surface area (Å²) in [6, 6.07) is 13.8. The molecule has 3 heteroatoms. The van der Waals surface area contributed by atoms with E-state index in [0.29, 0.717) is 6.42 Å². The Labute approximate surface area is 111 Å². The van der Waals surface area contributed by atoms with Gasteiger partial charge in [0, 0.05) is 17.4 Å². The molecule has 0 spiro atoms. The van der Waals surface area contributed by atoms with Crippen molar-refractivity contribution in [3.05, 3.63) is 54.2 Å². The van der Waals surface area contributed by atoms with E-state index >= 15 is 0 Å². The molecule has 0 saturated carbocycles. The minimum Gasteiger partial charge on any atom is -0.294 e. The molecule has 0 aliphatic carbocycles. The topological polar surface area (TPSA) is 45.8 Å². The number of H-pyrrole nitrogens is 1. The number of carbonyl (C=O) groups excluding carboxylic acids is 1. The van der Waals surface area contributed by atoms with Crippen molar-refractivity contribution in [2.24, 2.45) is 0 Å². The molecule has 0 saturated heterocycles. The Morgan fingerprint density at radius 1 is 1.21 bits per heavy atom. The van der Waals surface area contributed by atoms with Gasteiger partial charge in [0.05, 0.1) is 11.7 Å². The van der Waals surface area contributed by atoms with Gasteiger partial charge in [-0.25, -0.2) is 0 Å². The fourth-order valence-corrected chi connectivity index (χ4v) is 2.28. The fourth-order valence-electron chi connectivity index (χ4n) is 2.28. The predicted octanol–water partition coefficient (Wildman–Crippen LogP) is 3.82. The van der Waals surface area contributed by atoms with Crippen LogP contribution in [0, 0.1) is 0 Å². The summed E-state index contributed by atoms with van der Waals surface area (Å²) in [4.78, 5) is 12.0. The smallest absolute Gasteiger partial charge is 0.163 e. The van der Waals surface area contributed by atoms with E-state index in [2.05, 4.69) is 16.3 Å². The molecule has 0 aliphatic rings. The van der Waals surface area contributed by atoms with Crippen molar-refractivity contribution >= 4 is 16.7 Å². The van der Waals surface area contributed by atoms with Crippen LogP contribution in [0.3, 0.4) is 0 Å². The number of Topliss-reactive ketones (excluding diaryl/α,β-unsaturated/α-hetero) is 1. The first kappa shape index (κ1) is 11.7. The SMILES string of the molecule is CCC(=O)c1ccccc1-c1ccc2[nH]ncc2c1. The summed E-state index contributed by atoms with van der Waals surface area (Å²) in [5.41, 5.74) is 3.82. The monoisotopic (exact) mass is 250 g/mol. The molecule has 0 amide bonds. The van der Waals surface area contributed by atoms with Gasteiger partial charge in [-0.2, -0.15) is 5.10 Å². The van der Waals surface area contributed by atoms with Crippen LogP contribution in [0.1, 0.15) is 23.7 Å². The highest BCUT2D eigenvalue weighted by Gasteiger charge is 2.11. The highest BCUT2D eigenvalue weighted by atomic mass is 16.1. The quantitative estimate of drug-likeness (QED) is 0.718. The molecule has 0 aliphatic heterocycles. The standard InChI is InChI=1S/C16H14N2O/c1-2-16(19)14-6-4-3-5-13(14)11-7-8-15-12(9-11)10-17-18-15/h3-10H,2H2,1H3,(H,17,18). The second-order valence-corrected chi connectivity index (χ2v) is 4.49. The number of ketones is 1. The highest BCUT2D eigenvalue weighted by Crippen LogP contribution is 2.27. The zero-order valence-corrected chi connectivity index (χ0v) is 10.7. The van der Waals surface area contributed by atoms with Gasteiger partial charge in [-0.3, -0.25) is 9.89 Å². The van der Waals surface area contributed by atoms with Crippen molar-refractivity contribution in [2.45, 2.75) is 13.3 Å². The molecule has 0 fully saturated rings. The molecular formula is C16H14N2O. The molecule has 3 aromatic rings. The summed E-state index contributed by atoms with van der Waals surface area (Å²) in [6.07, 6.45) is 2.31. The summed E-state index contributed by atoms with van der Waals surface area (Å²) in [5.74, 6) is 0.169. The van der Waals surface area contributed by atoms with Gasteiger partial charge < -0.3 is 0 Å². The van der Waals surface area contributed by atoms with Crippen molar-refractivity contribution in [2.75, 3.05) is 0 Å². The Morgan fingerprint density at radius 2 is 2.05 bits per heavy atom. The van der Waals surface area contributed by atoms with E-state index in [0.717, 1.165) is 27.6 Å². The number of aromatic amines is 1. The lowest BCUT2D eigenvalue weighted by Crippen LogP contribution is -1.99. The normalized spacial score (nSPS) is 10.8. The van der Waals surface area contributed by atoms with Gasteiger partial charge in [-0.1, -0.05) is 37.3 Å². The van der Waals surface area contributed by atoms with Crippen molar-refractivity contribution in [3.8, 4) is 11.1 Å². The highest BCUT2D eigenvalue weighted by molar-refractivity contribution is 6.02. The molecule has 0 unspecified atom stereocenters. The largest absolute Gasteiger partial charge is 0.294 e. The van der Waals surface area contributed by atoms with Gasteiger partial charge in [0.2, 0.25) is 0 Å². The van der Waals surface area contributed by atoms with Crippen molar-refractivity contribution < 1.29 is 4.79 Å². The fraction of sp³-hybridized carbons (Fsp3) is 0.125. The molecule has 94 valence electrons. The van der Waals surface area contributed by atoms with Crippen LogP contribution >= 0.6 is 0 Å². The third-order valence-corrected chi connectivity index (χ3v) is 3.30. The average Bonchev–Trinajstić information content (AvgIpc) is 2.93. The lowest BCUT2D eigenvalue weighted by atomic mass is 9.95. The molecule has 0 bridgehead atoms. The van der Waals surface area contributed by atoms with Crippen LogP contribution in [0.4, 0.5) is 0 Å². The van der Waals surface area contributed by atoms with Gasteiger partial charge >= 0.3 is 0 Å². The third kappa shape index (κ3) is 2.03. The van der Waals surface area contributed by atoms with Crippen molar-refractivity contribution in [1.82, 2.24) is 10.2 Å². The van der Waals surface area contributed by atoms with Crippen LogP contribution in [0.25, 0.3) is 22.0 Å². The van der Waals surface area contributed by atoms with Gasteiger partial charge in [0.1, 0.15) is 0 Å². The van der Waals surface area contributed by atoms with Crippen LogP contribution in [0.5, 0.6) is 0 Å². The molecule has 2 aromatic carbocycles. The van der Waals surface area contributed by atoms with E-state index in [1.165, 1.54) is 0 Å². The first-order valence-corrected chi connectivity index (χ1v) is 6.35. The predicted molar refractivity (Wildman–Crippen MR) is 76.2 cm³/mol. The molecular weight excluding hydrogens is 236 g/mol. The van der Waals surface area contributed by atoms with E-state index in [1.54, 1.807) is 6.20 Å². The number of benzene rings is 2. The second kappa shape index (κ2) is 4.69. The average molecular weight is 250 g/mol. The minimum atomic E-state index is 0.169. The van der Waals surface area contributed by atoms with Gasteiger partial charge in [-0.05, 0) is 23.3 Å². The van der Waals surface area contributed by atoms with Gasteiger partial charge in [0.25, 0.3) is 0 Å². The van der Waals surface area contributed by atoms with Crippen molar-refractivity contribution in [3.63, 3.8) is 0 Å². The maximum atomic E-state index is 12.0. The number of hydrogen-bond acceptors (Lipinski definition) is 2. The molecule has 1 heterocycles. The lowest BCUT2D eigenvalue weighted by molar-refractivity contribution is 0.0989. The molecule has 3 rings (SSSR count). The van der Waals surface area contributed by atoms with E-state index < -0.39 is 0 Å². The summed E-state index contributed by atoms with van der Waals surface area (Å²) in [6.45, 7) is 1.89. The van der Waals surface area contributed by atoms with Crippen LogP contribution in [0.15, 0.2) is 48.7 Å². The van der Waals surface area contributed by atoms with Crippen molar-refractivity contribution in [1.29, 1.82) is 0 Å². The summed E-state index contributed by atoms with van der Waals surface area (Å²) >= 11 is 0. The van der Waals surface area contributed by atoms with Crippen LogP contribution in [0.2, 0.25) is 0 Å². The number of rotatable bonds is 3. The maximum absolute atomic E-state index is 12.0. The van der Waals surface area contributed by atoms with Gasteiger partial charge in [0.15, 0.2) is 5.78 Å². The Hall–Kier alpha value is -2.42. The maximum Gasteiger partial charge on any atom is 0.163 e. The number of carbonyl (C=O) groups is 1. The van der Waals surface area contributed by atoms with E-state index in [-0.39, 0.29) is 5.78 Å². The van der Waals surface area contributed by atoms with Crippen LogP contribution in [-0.4, -0.2) is 16.0 Å². The van der Waals surface area contributed by atoms with Crippen LogP contribution < -0.4 is 0 Å². The molecule has 1 N–H and O–H groups in total. The number of nitrogens with one attached hydrogen (secondary N) is 1. The Kier molecular flexibility index (Phi) is 2.88. The number of hydrogen-bond donors (Lipinski definition) is 1. The molecule has 1 aromatic heterocycles. The number of nitrogens with zero attached hydrogens (tertiary/aromatic N) is 1. The zero-order valence-electron chi connectivity index (χ0n) is 10.7. The van der Waals surface area contributed by atoms with E-state index in [9.17, 15) is 4.79 Å². The van der Waals surface area contributed by atoms with Crippen LogP contribution in [-0.2, 0) is 0 Å². The van der Waals surface area contributed by atoms with E-state index in [4.69, 9.17) is 0 Å².